The van der Waals surface area contributed by atoms with Crippen LogP contribution in [-0.4, -0.2) is 9.78 Å². The molecule has 0 spiro atoms. The highest BCUT2D eigenvalue weighted by Crippen LogP contribution is 2.22. The van der Waals surface area contributed by atoms with Crippen LogP contribution in [0.2, 0.25) is 0 Å². The molecule has 3 heteroatoms. The van der Waals surface area contributed by atoms with E-state index < -0.39 is 0 Å². The van der Waals surface area contributed by atoms with Crippen molar-refractivity contribution in [2.45, 2.75) is 19.9 Å². The van der Waals surface area contributed by atoms with Gasteiger partial charge in [-0.1, -0.05) is 12.1 Å². The minimum Gasteiger partial charge on any atom is -0.262 e. The van der Waals surface area contributed by atoms with Gasteiger partial charge < -0.3 is 0 Å². The largest absolute Gasteiger partial charge is 0.262 e. The van der Waals surface area contributed by atoms with Crippen molar-refractivity contribution in [3.63, 3.8) is 0 Å². The molecule has 0 aliphatic carbocycles. The van der Waals surface area contributed by atoms with Crippen molar-refractivity contribution in [1.82, 2.24) is 9.78 Å². The van der Waals surface area contributed by atoms with Crippen LogP contribution in [-0.2, 0) is 0 Å². The summed E-state index contributed by atoms with van der Waals surface area (Å²) in [5.41, 5.74) is 2.76. The normalized spacial score (nSPS) is 10.4. The first-order chi connectivity index (χ1) is 7.72. The molecule has 0 aliphatic heterocycles. The summed E-state index contributed by atoms with van der Waals surface area (Å²) >= 11 is 0. The molecule has 2 aromatic rings. The Morgan fingerprint density at radius 3 is 2.81 bits per heavy atom. The Morgan fingerprint density at radius 2 is 2.12 bits per heavy atom. The predicted octanol–water partition coefficient (Wildman–Crippen LogP) is 3.00. The summed E-state index contributed by atoms with van der Waals surface area (Å²) in [5.74, 6) is 0. The molecular formula is C13H13N3. The maximum absolute atomic E-state index is 8.87. The molecule has 0 aliphatic rings. The van der Waals surface area contributed by atoms with Crippen LogP contribution in [0.4, 0.5) is 0 Å². The van der Waals surface area contributed by atoms with Gasteiger partial charge in [0.05, 0.1) is 17.3 Å². The van der Waals surface area contributed by atoms with Crippen molar-refractivity contribution >= 4 is 0 Å². The van der Waals surface area contributed by atoms with Crippen LogP contribution < -0.4 is 0 Å². The number of benzene rings is 1. The van der Waals surface area contributed by atoms with Crippen molar-refractivity contribution in [2.24, 2.45) is 0 Å². The Hall–Kier alpha value is -2.08. The van der Waals surface area contributed by atoms with Crippen LogP contribution in [0.25, 0.3) is 11.3 Å². The molecule has 80 valence electrons. The van der Waals surface area contributed by atoms with Crippen LogP contribution in [0.15, 0.2) is 36.5 Å². The lowest BCUT2D eigenvalue weighted by molar-refractivity contribution is 0.538. The summed E-state index contributed by atoms with van der Waals surface area (Å²) in [6, 6.07) is 12.0. The molecule has 2 rings (SSSR count). The quantitative estimate of drug-likeness (QED) is 0.766. The Bertz CT molecular complexity index is 532. The van der Waals surface area contributed by atoms with Gasteiger partial charge in [0.2, 0.25) is 0 Å². The van der Waals surface area contributed by atoms with Crippen LogP contribution >= 0.6 is 0 Å². The molecule has 0 saturated heterocycles. The fourth-order valence-electron chi connectivity index (χ4n) is 1.70. The van der Waals surface area contributed by atoms with Gasteiger partial charge in [0.15, 0.2) is 0 Å². The molecule has 1 aromatic carbocycles. The first-order valence-electron chi connectivity index (χ1n) is 5.26. The topological polar surface area (TPSA) is 41.6 Å². The van der Waals surface area contributed by atoms with Gasteiger partial charge in [0, 0.05) is 17.8 Å². The molecular weight excluding hydrogens is 198 g/mol. The van der Waals surface area contributed by atoms with E-state index in [9.17, 15) is 0 Å². The first kappa shape index (κ1) is 10.4. The van der Waals surface area contributed by atoms with E-state index in [2.05, 4.69) is 25.0 Å². The van der Waals surface area contributed by atoms with E-state index in [0.29, 0.717) is 11.6 Å². The van der Waals surface area contributed by atoms with Gasteiger partial charge in [-0.2, -0.15) is 10.4 Å². The van der Waals surface area contributed by atoms with Gasteiger partial charge in [-0.25, -0.2) is 0 Å². The van der Waals surface area contributed by atoms with E-state index in [-0.39, 0.29) is 0 Å². The third kappa shape index (κ3) is 1.82. The second-order valence-electron chi connectivity index (χ2n) is 3.95. The Morgan fingerprint density at radius 1 is 1.31 bits per heavy atom. The van der Waals surface area contributed by atoms with Crippen LogP contribution in [0, 0.1) is 11.3 Å². The highest BCUT2D eigenvalue weighted by molar-refractivity contribution is 5.61. The fraction of sp³-hybridized carbons (Fsp3) is 0.231. The molecule has 0 saturated carbocycles. The molecule has 3 nitrogen and oxygen atoms in total. The van der Waals surface area contributed by atoms with Crippen molar-refractivity contribution in [3.05, 3.63) is 42.1 Å². The average Bonchev–Trinajstić information content (AvgIpc) is 2.78. The molecule has 16 heavy (non-hydrogen) atoms. The highest BCUT2D eigenvalue weighted by Gasteiger charge is 2.08. The third-order valence-electron chi connectivity index (χ3n) is 2.45. The van der Waals surface area contributed by atoms with Gasteiger partial charge in [0.1, 0.15) is 0 Å². The maximum atomic E-state index is 8.87. The summed E-state index contributed by atoms with van der Waals surface area (Å²) in [6.07, 6.45) is 1.79. The molecule has 0 amide bonds. The fourth-order valence-corrected chi connectivity index (χ4v) is 1.70. The van der Waals surface area contributed by atoms with Gasteiger partial charge in [-0.3, -0.25) is 4.68 Å². The summed E-state index contributed by atoms with van der Waals surface area (Å²) < 4.78 is 1.95. The highest BCUT2D eigenvalue weighted by atomic mass is 15.3. The Labute approximate surface area is 94.9 Å². The number of rotatable bonds is 2. The van der Waals surface area contributed by atoms with Gasteiger partial charge in [0.25, 0.3) is 0 Å². The second kappa shape index (κ2) is 4.19. The molecule has 0 N–H and O–H groups in total. The van der Waals surface area contributed by atoms with Crippen molar-refractivity contribution in [2.75, 3.05) is 0 Å². The molecule has 0 bridgehead atoms. The predicted molar refractivity (Wildman–Crippen MR) is 62.8 cm³/mol. The molecule has 0 atom stereocenters. The lowest BCUT2D eigenvalue weighted by atomic mass is 10.1. The summed E-state index contributed by atoms with van der Waals surface area (Å²) in [7, 11) is 0. The molecule has 1 aromatic heterocycles. The monoisotopic (exact) mass is 211 g/mol. The Balaban J connectivity index is 2.51. The molecule has 0 radical (unpaired) electrons. The number of hydrogen-bond acceptors (Lipinski definition) is 2. The lowest BCUT2D eigenvalue weighted by Gasteiger charge is -2.10. The molecule has 1 heterocycles. The third-order valence-corrected chi connectivity index (χ3v) is 2.45. The minimum atomic E-state index is 0.316. The van der Waals surface area contributed by atoms with Gasteiger partial charge >= 0.3 is 0 Å². The summed E-state index contributed by atoms with van der Waals surface area (Å²) in [4.78, 5) is 0. The van der Waals surface area contributed by atoms with E-state index in [1.165, 1.54) is 0 Å². The van der Waals surface area contributed by atoms with Crippen molar-refractivity contribution in [1.29, 1.82) is 5.26 Å². The van der Waals surface area contributed by atoms with E-state index in [1.54, 1.807) is 12.3 Å². The van der Waals surface area contributed by atoms with E-state index in [4.69, 9.17) is 5.26 Å². The minimum absolute atomic E-state index is 0.316. The lowest BCUT2D eigenvalue weighted by Crippen LogP contribution is -2.04. The van der Waals surface area contributed by atoms with Crippen molar-refractivity contribution in [3.8, 4) is 17.3 Å². The maximum Gasteiger partial charge on any atom is 0.0991 e. The summed E-state index contributed by atoms with van der Waals surface area (Å²) in [5, 5.41) is 13.1. The zero-order valence-electron chi connectivity index (χ0n) is 9.38. The first-order valence-corrected chi connectivity index (χ1v) is 5.26. The van der Waals surface area contributed by atoms with E-state index in [1.807, 2.05) is 28.9 Å². The van der Waals surface area contributed by atoms with Crippen LogP contribution in [0.5, 0.6) is 0 Å². The number of nitrogens with zero attached hydrogens (tertiary/aromatic N) is 3. The average molecular weight is 211 g/mol. The second-order valence-corrected chi connectivity index (χ2v) is 3.95. The summed E-state index contributed by atoms with van der Waals surface area (Å²) in [6.45, 7) is 4.18. The standard InChI is InChI=1S/C13H13N3/c1-10(2)16-13(6-7-15-16)12-5-3-4-11(8-12)9-14/h3-8,10H,1-2H3. The van der Waals surface area contributed by atoms with E-state index >= 15 is 0 Å². The van der Waals surface area contributed by atoms with Crippen molar-refractivity contribution < 1.29 is 0 Å². The molecule has 0 fully saturated rings. The zero-order valence-corrected chi connectivity index (χ0v) is 9.38. The van der Waals surface area contributed by atoms with Gasteiger partial charge in [-0.15, -0.1) is 0 Å². The SMILES string of the molecule is CC(C)n1nccc1-c1cccc(C#N)c1. The Kier molecular flexibility index (Phi) is 2.74. The van der Waals surface area contributed by atoms with Crippen LogP contribution in [0.3, 0.4) is 0 Å². The number of hydrogen-bond donors (Lipinski definition) is 0. The smallest absolute Gasteiger partial charge is 0.0991 e. The number of nitriles is 1. The van der Waals surface area contributed by atoms with Crippen LogP contribution in [0.1, 0.15) is 25.5 Å². The van der Waals surface area contributed by atoms with E-state index in [0.717, 1.165) is 11.3 Å². The van der Waals surface area contributed by atoms with Gasteiger partial charge in [-0.05, 0) is 32.0 Å². The number of aromatic nitrogens is 2. The molecule has 0 unspecified atom stereocenters. The zero-order chi connectivity index (χ0) is 11.5.